The Bertz CT molecular complexity index is 1370. The first-order valence-corrected chi connectivity index (χ1v) is 11.9. The molecule has 1 aliphatic rings. The van der Waals surface area contributed by atoms with Gasteiger partial charge in [-0.25, -0.2) is 4.98 Å². The number of nitrogen functional groups attached to an aromatic ring is 1. The molecule has 3 N–H and O–H groups in total. The molecule has 1 aliphatic heterocycles. The fourth-order valence-corrected chi connectivity index (χ4v) is 4.88. The second kappa shape index (κ2) is 9.43. The van der Waals surface area contributed by atoms with Crippen molar-refractivity contribution in [3.05, 3.63) is 72.1 Å². The number of carbonyl (C=O) groups is 1. The van der Waals surface area contributed by atoms with E-state index in [0.717, 1.165) is 53.8 Å². The third-order valence-electron chi connectivity index (χ3n) is 6.95. The summed E-state index contributed by atoms with van der Waals surface area (Å²) in [4.78, 5) is 25.9. The highest BCUT2D eigenvalue weighted by Gasteiger charge is 2.22. The summed E-state index contributed by atoms with van der Waals surface area (Å²) in [5.74, 6) is 0.847. The minimum absolute atomic E-state index is 0.175. The van der Waals surface area contributed by atoms with E-state index in [1.807, 2.05) is 36.4 Å². The van der Waals surface area contributed by atoms with Crippen LogP contribution in [0.3, 0.4) is 0 Å². The smallest absolute Gasteiger partial charge is 0.228 e. The number of methoxy groups -OCH3 is 1. The van der Waals surface area contributed by atoms with E-state index in [2.05, 4.69) is 46.0 Å². The zero-order chi connectivity index (χ0) is 24.5. The second-order valence-electron chi connectivity index (χ2n) is 9.30. The number of nitrogens with zero attached hydrogens (tertiary/aromatic N) is 3. The lowest BCUT2D eigenvalue weighted by Crippen LogP contribution is -2.41. The summed E-state index contributed by atoms with van der Waals surface area (Å²) in [5.41, 5.74) is 11.8. The van der Waals surface area contributed by atoms with Gasteiger partial charge in [0.2, 0.25) is 5.78 Å². The molecule has 35 heavy (non-hydrogen) atoms. The van der Waals surface area contributed by atoms with Crippen LogP contribution in [-0.2, 0) is 0 Å². The lowest BCUT2D eigenvalue weighted by Gasteiger charge is -2.36. The normalized spacial score (nSPS) is 14.6. The van der Waals surface area contributed by atoms with E-state index in [0.29, 0.717) is 28.9 Å². The molecule has 1 aromatic heterocycles. The molecule has 3 aromatic carbocycles. The van der Waals surface area contributed by atoms with Gasteiger partial charge in [0, 0.05) is 47.2 Å². The number of piperidine rings is 1. The summed E-state index contributed by atoms with van der Waals surface area (Å²) in [5, 5.41) is 0. The van der Waals surface area contributed by atoms with E-state index in [1.165, 1.54) is 0 Å². The number of aromatic nitrogens is 2. The topological polar surface area (TPSA) is 87.5 Å². The predicted molar refractivity (Wildman–Crippen MR) is 141 cm³/mol. The van der Waals surface area contributed by atoms with Crippen LogP contribution in [0.2, 0.25) is 0 Å². The molecule has 0 unspecified atom stereocenters. The third kappa shape index (κ3) is 4.47. The number of hydrogen-bond donors (Lipinski definition) is 2. The van der Waals surface area contributed by atoms with Gasteiger partial charge in [0.1, 0.15) is 5.75 Å². The van der Waals surface area contributed by atoms with E-state index >= 15 is 0 Å². The molecule has 5 rings (SSSR count). The van der Waals surface area contributed by atoms with E-state index in [-0.39, 0.29) is 5.78 Å². The van der Waals surface area contributed by atoms with Gasteiger partial charge in [-0.3, -0.25) is 4.79 Å². The van der Waals surface area contributed by atoms with Crippen molar-refractivity contribution in [2.45, 2.75) is 18.9 Å². The Morgan fingerprint density at radius 1 is 1.06 bits per heavy atom. The number of anilines is 2. The van der Waals surface area contributed by atoms with Crippen LogP contribution in [0, 0.1) is 0 Å². The maximum atomic E-state index is 13.4. The highest BCUT2D eigenvalue weighted by atomic mass is 16.5. The Morgan fingerprint density at radius 3 is 2.57 bits per heavy atom. The van der Waals surface area contributed by atoms with Crippen molar-refractivity contribution in [2.24, 2.45) is 0 Å². The highest BCUT2D eigenvalue weighted by Crippen LogP contribution is 2.34. The van der Waals surface area contributed by atoms with Crippen LogP contribution < -0.4 is 15.4 Å². The number of H-pyrrole nitrogens is 1. The van der Waals surface area contributed by atoms with Crippen LogP contribution in [0.5, 0.6) is 5.75 Å². The fourth-order valence-electron chi connectivity index (χ4n) is 4.88. The Kier molecular flexibility index (Phi) is 6.17. The summed E-state index contributed by atoms with van der Waals surface area (Å²) >= 11 is 0. The first-order chi connectivity index (χ1) is 16.9. The zero-order valence-corrected chi connectivity index (χ0v) is 20.4. The maximum absolute atomic E-state index is 13.4. The summed E-state index contributed by atoms with van der Waals surface area (Å²) in [6, 6.07) is 19.7. The Morgan fingerprint density at radius 2 is 1.83 bits per heavy atom. The molecule has 0 saturated carbocycles. The average molecular weight is 470 g/mol. The summed E-state index contributed by atoms with van der Waals surface area (Å²) in [6.45, 7) is 2.04. The molecular weight excluding hydrogens is 438 g/mol. The molecule has 0 amide bonds. The van der Waals surface area contributed by atoms with Crippen LogP contribution in [0.15, 0.2) is 60.7 Å². The van der Waals surface area contributed by atoms with Crippen molar-refractivity contribution in [3.8, 4) is 16.9 Å². The standard InChI is InChI=1S/C28H31N5O2/c1-32(2)19-12-14-33(15-13-19)20-9-11-24-25(17-20)31-28(30-24)27(34)18-8-10-23(29)22(16-18)21-6-4-5-7-26(21)35-3/h4-11,16-17,19H,12-15,29H2,1-3H3,(H,30,31). The zero-order valence-electron chi connectivity index (χ0n) is 20.4. The van der Waals surface area contributed by atoms with Crippen LogP contribution in [0.25, 0.3) is 22.2 Å². The van der Waals surface area contributed by atoms with Crippen molar-refractivity contribution < 1.29 is 9.53 Å². The predicted octanol–water partition coefficient (Wildman–Crippen LogP) is 4.58. The lowest BCUT2D eigenvalue weighted by molar-refractivity contribution is 0.103. The molecule has 1 fully saturated rings. The number of ketones is 1. The number of nitrogens with one attached hydrogen (secondary N) is 1. The molecule has 0 bridgehead atoms. The fraction of sp³-hybridized carbons (Fsp3) is 0.286. The molecule has 180 valence electrons. The van der Waals surface area contributed by atoms with E-state index < -0.39 is 0 Å². The van der Waals surface area contributed by atoms with Gasteiger partial charge in [-0.2, -0.15) is 0 Å². The number of carbonyl (C=O) groups excluding carboxylic acids is 1. The number of imidazole rings is 1. The minimum Gasteiger partial charge on any atom is -0.496 e. The van der Waals surface area contributed by atoms with Crippen molar-refractivity contribution in [2.75, 3.05) is 44.9 Å². The lowest BCUT2D eigenvalue weighted by atomic mass is 9.98. The maximum Gasteiger partial charge on any atom is 0.228 e. The van der Waals surface area contributed by atoms with Crippen LogP contribution >= 0.6 is 0 Å². The number of hydrogen-bond acceptors (Lipinski definition) is 6. The number of benzene rings is 3. The summed E-state index contributed by atoms with van der Waals surface area (Å²) < 4.78 is 5.49. The molecule has 0 aliphatic carbocycles. The Hall–Kier alpha value is -3.84. The quantitative estimate of drug-likeness (QED) is 0.317. The SMILES string of the molecule is COc1ccccc1-c1cc(C(=O)c2nc3ccc(N4CCC(N(C)C)CC4)cc3[nH]2)ccc1N. The number of para-hydroxylation sites is 1. The van der Waals surface area contributed by atoms with Gasteiger partial charge in [-0.15, -0.1) is 0 Å². The average Bonchev–Trinajstić information content (AvgIpc) is 3.32. The van der Waals surface area contributed by atoms with Crippen molar-refractivity contribution in [3.63, 3.8) is 0 Å². The summed E-state index contributed by atoms with van der Waals surface area (Å²) in [7, 11) is 5.92. The minimum atomic E-state index is -0.175. The van der Waals surface area contributed by atoms with Crippen molar-refractivity contribution in [1.29, 1.82) is 0 Å². The number of ether oxygens (including phenoxy) is 1. The first kappa shape index (κ1) is 22.9. The van der Waals surface area contributed by atoms with Gasteiger partial charge in [0.05, 0.1) is 18.1 Å². The Labute approximate surface area is 205 Å². The summed E-state index contributed by atoms with van der Waals surface area (Å²) in [6.07, 6.45) is 2.28. The van der Waals surface area contributed by atoms with E-state index in [1.54, 1.807) is 19.2 Å². The highest BCUT2D eigenvalue weighted by molar-refractivity contribution is 6.09. The Balaban J connectivity index is 1.42. The van der Waals surface area contributed by atoms with Gasteiger partial charge in [0.25, 0.3) is 0 Å². The number of fused-ring (bicyclic) bond motifs is 1. The van der Waals surface area contributed by atoms with E-state index in [4.69, 9.17) is 10.5 Å². The number of nitrogens with two attached hydrogens (primary N) is 1. The van der Waals surface area contributed by atoms with Gasteiger partial charge < -0.3 is 25.3 Å². The molecule has 0 radical (unpaired) electrons. The van der Waals surface area contributed by atoms with Gasteiger partial charge in [0.15, 0.2) is 5.82 Å². The third-order valence-corrected chi connectivity index (χ3v) is 6.95. The molecule has 4 aromatic rings. The molecule has 7 nitrogen and oxygen atoms in total. The van der Waals surface area contributed by atoms with Gasteiger partial charge in [-0.1, -0.05) is 18.2 Å². The van der Waals surface area contributed by atoms with Crippen LogP contribution in [-0.4, -0.2) is 61.0 Å². The molecule has 0 atom stereocenters. The molecular formula is C28H31N5O2. The molecule has 1 saturated heterocycles. The number of rotatable bonds is 6. The number of aromatic amines is 1. The van der Waals surface area contributed by atoms with Crippen LogP contribution in [0.4, 0.5) is 11.4 Å². The first-order valence-electron chi connectivity index (χ1n) is 11.9. The van der Waals surface area contributed by atoms with Gasteiger partial charge in [-0.05, 0) is 69.4 Å². The largest absolute Gasteiger partial charge is 0.496 e. The second-order valence-corrected chi connectivity index (χ2v) is 9.30. The van der Waals surface area contributed by atoms with Gasteiger partial charge >= 0.3 is 0 Å². The molecule has 2 heterocycles. The monoisotopic (exact) mass is 469 g/mol. The molecule has 7 heteroatoms. The molecule has 0 spiro atoms. The van der Waals surface area contributed by atoms with E-state index in [9.17, 15) is 4.79 Å². The van der Waals surface area contributed by atoms with Crippen molar-refractivity contribution in [1.82, 2.24) is 14.9 Å². The van der Waals surface area contributed by atoms with Crippen molar-refractivity contribution >= 4 is 28.2 Å². The van der Waals surface area contributed by atoms with Crippen LogP contribution in [0.1, 0.15) is 29.0 Å².